The average molecular weight is 250 g/mol. The molecule has 0 unspecified atom stereocenters. The maximum atomic E-state index is 10.9. The van der Waals surface area contributed by atoms with Crippen LogP contribution in [0.3, 0.4) is 0 Å². The van der Waals surface area contributed by atoms with Crippen LogP contribution in [0, 0.1) is 0 Å². The Bertz CT molecular complexity index is 296. The first-order chi connectivity index (χ1) is 7.25. The van der Waals surface area contributed by atoms with E-state index >= 15 is 0 Å². The molecule has 0 rings (SSSR count). The first-order valence-electron chi connectivity index (χ1n) is 4.12. The summed E-state index contributed by atoms with van der Waals surface area (Å²) in [5.41, 5.74) is 4.83. The van der Waals surface area contributed by atoms with E-state index in [1.54, 1.807) is 0 Å². The SMILES string of the molecule is CC(=O)O[C@H](C(N)=O)[C@H](OC(C)=O)C(=O)O.N. The molecule has 0 bridgehead atoms. The van der Waals surface area contributed by atoms with Gasteiger partial charge in [0.2, 0.25) is 12.2 Å². The summed E-state index contributed by atoms with van der Waals surface area (Å²) in [6, 6.07) is 0. The number of amides is 1. The second-order valence-corrected chi connectivity index (χ2v) is 2.80. The highest BCUT2D eigenvalue weighted by atomic mass is 16.6. The van der Waals surface area contributed by atoms with Gasteiger partial charge in [0.25, 0.3) is 5.91 Å². The van der Waals surface area contributed by atoms with Crippen LogP contribution in [-0.4, -0.2) is 41.1 Å². The van der Waals surface area contributed by atoms with Crippen molar-refractivity contribution in [3.05, 3.63) is 0 Å². The van der Waals surface area contributed by atoms with Gasteiger partial charge in [-0.15, -0.1) is 0 Å². The van der Waals surface area contributed by atoms with Crippen LogP contribution in [0.1, 0.15) is 13.8 Å². The van der Waals surface area contributed by atoms with E-state index in [1.165, 1.54) is 0 Å². The minimum atomic E-state index is -1.95. The third-order valence-corrected chi connectivity index (χ3v) is 1.38. The van der Waals surface area contributed by atoms with Gasteiger partial charge in [-0.25, -0.2) is 4.79 Å². The van der Waals surface area contributed by atoms with E-state index in [0.717, 1.165) is 13.8 Å². The van der Waals surface area contributed by atoms with Crippen LogP contribution < -0.4 is 11.9 Å². The number of carbonyl (C=O) groups excluding carboxylic acids is 3. The minimum absolute atomic E-state index is 0. The predicted octanol–water partition coefficient (Wildman–Crippen LogP) is -1.42. The van der Waals surface area contributed by atoms with Crippen molar-refractivity contribution in [3.8, 4) is 0 Å². The molecule has 0 heterocycles. The molecule has 0 saturated heterocycles. The summed E-state index contributed by atoms with van der Waals surface area (Å²) >= 11 is 0. The fourth-order valence-electron chi connectivity index (χ4n) is 0.868. The molecule has 9 heteroatoms. The first-order valence-corrected chi connectivity index (χ1v) is 4.12. The molecule has 0 aliphatic heterocycles. The maximum absolute atomic E-state index is 10.9. The van der Waals surface area contributed by atoms with Gasteiger partial charge in [0.1, 0.15) is 0 Å². The molecule has 0 saturated carbocycles. The van der Waals surface area contributed by atoms with E-state index in [2.05, 4.69) is 9.47 Å². The summed E-state index contributed by atoms with van der Waals surface area (Å²) in [6.07, 6.45) is -3.79. The lowest BCUT2D eigenvalue weighted by Gasteiger charge is -2.20. The fourth-order valence-corrected chi connectivity index (χ4v) is 0.868. The summed E-state index contributed by atoms with van der Waals surface area (Å²) in [7, 11) is 0. The second-order valence-electron chi connectivity index (χ2n) is 2.80. The van der Waals surface area contributed by atoms with Crippen molar-refractivity contribution in [2.24, 2.45) is 5.73 Å². The molecule has 0 aromatic carbocycles. The molecule has 0 aliphatic carbocycles. The minimum Gasteiger partial charge on any atom is -0.478 e. The van der Waals surface area contributed by atoms with Crippen molar-refractivity contribution in [1.82, 2.24) is 6.15 Å². The van der Waals surface area contributed by atoms with Gasteiger partial charge in [0.15, 0.2) is 0 Å². The highest BCUT2D eigenvalue weighted by Gasteiger charge is 2.37. The number of hydrogen-bond donors (Lipinski definition) is 3. The Kier molecular flexibility index (Phi) is 7.27. The lowest BCUT2D eigenvalue weighted by Crippen LogP contribution is -2.48. The van der Waals surface area contributed by atoms with Crippen LogP contribution in [0.25, 0.3) is 0 Å². The summed E-state index contributed by atoms with van der Waals surface area (Å²) in [6.45, 7) is 1.91. The largest absolute Gasteiger partial charge is 0.478 e. The van der Waals surface area contributed by atoms with Gasteiger partial charge in [-0.1, -0.05) is 0 Å². The lowest BCUT2D eigenvalue weighted by atomic mass is 10.2. The maximum Gasteiger partial charge on any atom is 0.349 e. The molecule has 1 amide bonds. The van der Waals surface area contributed by atoms with Crippen LogP contribution in [-0.2, 0) is 28.7 Å². The number of ether oxygens (including phenoxy) is 2. The van der Waals surface area contributed by atoms with Crippen LogP contribution in [0.4, 0.5) is 0 Å². The highest BCUT2D eigenvalue weighted by molar-refractivity contribution is 5.89. The van der Waals surface area contributed by atoms with Crippen molar-refractivity contribution in [2.75, 3.05) is 0 Å². The number of hydrogen-bond acceptors (Lipinski definition) is 7. The molecule has 0 spiro atoms. The van der Waals surface area contributed by atoms with Gasteiger partial charge in [-0.3, -0.25) is 14.4 Å². The number of nitrogens with two attached hydrogens (primary N) is 1. The number of carboxylic acids is 1. The molecule has 0 fully saturated rings. The van der Waals surface area contributed by atoms with Crippen molar-refractivity contribution in [3.63, 3.8) is 0 Å². The Morgan fingerprint density at radius 2 is 1.35 bits per heavy atom. The summed E-state index contributed by atoms with van der Waals surface area (Å²) < 4.78 is 8.68. The van der Waals surface area contributed by atoms with Crippen LogP contribution in [0.5, 0.6) is 0 Å². The third-order valence-electron chi connectivity index (χ3n) is 1.38. The summed E-state index contributed by atoms with van der Waals surface area (Å²) in [5, 5.41) is 8.68. The van der Waals surface area contributed by atoms with E-state index < -0.39 is 36.0 Å². The molecule has 98 valence electrons. The van der Waals surface area contributed by atoms with E-state index in [-0.39, 0.29) is 6.15 Å². The number of aliphatic carboxylic acids is 1. The quantitative estimate of drug-likeness (QED) is 0.499. The van der Waals surface area contributed by atoms with E-state index in [1.807, 2.05) is 0 Å². The average Bonchev–Trinajstić information content (AvgIpc) is 2.09. The van der Waals surface area contributed by atoms with Gasteiger partial charge < -0.3 is 26.5 Å². The molecule has 2 atom stereocenters. The zero-order valence-corrected chi connectivity index (χ0v) is 9.34. The smallest absolute Gasteiger partial charge is 0.349 e. The van der Waals surface area contributed by atoms with Gasteiger partial charge in [0.05, 0.1) is 0 Å². The molecular weight excluding hydrogens is 236 g/mol. The molecular formula is C8H14N2O7. The van der Waals surface area contributed by atoms with Crippen molar-refractivity contribution >= 4 is 23.8 Å². The van der Waals surface area contributed by atoms with Crippen LogP contribution in [0.2, 0.25) is 0 Å². The van der Waals surface area contributed by atoms with E-state index in [4.69, 9.17) is 10.8 Å². The van der Waals surface area contributed by atoms with E-state index in [0.29, 0.717) is 0 Å². The standard InChI is InChI=1S/C8H11NO7.H3N/c1-3(10)15-5(7(9)12)6(8(13)14)16-4(2)11;/h5-6H,1-2H3,(H2,9,12)(H,13,14);1H3/t5-,6-;/m0./s1. The first kappa shape index (κ1) is 17.2. The molecule has 0 radical (unpaired) electrons. The lowest BCUT2D eigenvalue weighted by molar-refractivity contribution is -0.180. The van der Waals surface area contributed by atoms with Gasteiger partial charge >= 0.3 is 17.9 Å². The second kappa shape index (κ2) is 7.17. The Balaban J connectivity index is 0. The normalized spacial score (nSPS) is 12.6. The van der Waals surface area contributed by atoms with Gasteiger partial charge in [0, 0.05) is 13.8 Å². The summed E-state index contributed by atoms with van der Waals surface area (Å²) in [5.74, 6) is -4.71. The van der Waals surface area contributed by atoms with Crippen LogP contribution in [0.15, 0.2) is 0 Å². The summed E-state index contributed by atoms with van der Waals surface area (Å²) in [4.78, 5) is 42.7. The predicted molar refractivity (Wildman–Crippen MR) is 53.0 cm³/mol. The Morgan fingerprint density at radius 1 is 1.00 bits per heavy atom. The van der Waals surface area contributed by atoms with Gasteiger partial charge in [-0.05, 0) is 0 Å². The number of esters is 2. The Hall–Kier alpha value is -2.16. The molecule has 17 heavy (non-hydrogen) atoms. The molecule has 0 aromatic heterocycles. The Morgan fingerprint density at radius 3 is 1.59 bits per heavy atom. The van der Waals surface area contributed by atoms with Crippen LogP contribution >= 0.6 is 0 Å². The topological polar surface area (TPSA) is 168 Å². The molecule has 9 nitrogen and oxygen atoms in total. The zero-order chi connectivity index (χ0) is 12.9. The Labute approximate surface area is 96.4 Å². The van der Waals surface area contributed by atoms with Gasteiger partial charge in [-0.2, -0.15) is 0 Å². The monoisotopic (exact) mass is 250 g/mol. The zero-order valence-electron chi connectivity index (χ0n) is 9.34. The highest BCUT2D eigenvalue weighted by Crippen LogP contribution is 2.06. The third kappa shape index (κ3) is 6.10. The van der Waals surface area contributed by atoms with E-state index in [9.17, 15) is 19.2 Å². The number of carbonyl (C=O) groups is 4. The number of primary amides is 1. The fraction of sp³-hybridized carbons (Fsp3) is 0.500. The van der Waals surface area contributed by atoms with Crippen molar-refractivity contribution in [2.45, 2.75) is 26.1 Å². The molecule has 0 aliphatic rings. The van der Waals surface area contributed by atoms with Crippen molar-refractivity contribution in [1.29, 1.82) is 0 Å². The number of rotatable bonds is 5. The van der Waals surface area contributed by atoms with Crippen molar-refractivity contribution < 1.29 is 33.8 Å². The molecule has 0 aromatic rings. The number of carboxylic acid groups (broad SMARTS) is 1. The molecule has 6 N–H and O–H groups in total.